The number of nitrogens with zero attached hydrogens (tertiary/aromatic N) is 4. The summed E-state index contributed by atoms with van der Waals surface area (Å²) in [6, 6.07) is 5.89. The normalized spacial score (nSPS) is 14.3. The summed E-state index contributed by atoms with van der Waals surface area (Å²) in [6.45, 7) is 9.31. The minimum Gasteiger partial charge on any atom is -0.378 e. The van der Waals surface area contributed by atoms with Crippen molar-refractivity contribution in [1.29, 1.82) is 0 Å². The van der Waals surface area contributed by atoms with Crippen LogP contribution in [0.2, 0.25) is 0 Å². The highest BCUT2D eigenvalue weighted by Gasteiger charge is 2.24. The molecule has 33 heavy (non-hydrogen) atoms. The van der Waals surface area contributed by atoms with Crippen LogP contribution in [0.4, 0.5) is 0 Å². The highest BCUT2D eigenvalue weighted by molar-refractivity contribution is 6.08. The Morgan fingerprint density at radius 3 is 2.85 bits per heavy atom. The van der Waals surface area contributed by atoms with E-state index in [1.54, 1.807) is 23.2 Å². The molecule has 8 nitrogen and oxygen atoms in total. The summed E-state index contributed by atoms with van der Waals surface area (Å²) >= 11 is 0. The summed E-state index contributed by atoms with van der Waals surface area (Å²) in [7, 11) is 0. The number of nitrogens with one attached hydrogen (secondary N) is 1. The Morgan fingerprint density at radius 1 is 1.27 bits per heavy atom. The zero-order valence-electron chi connectivity index (χ0n) is 18.7. The zero-order chi connectivity index (χ0) is 22.9. The zero-order valence-corrected chi connectivity index (χ0v) is 18.7. The highest BCUT2D eigenvalue weighted by atomic mass is 16.5. The summed E-state index contributed by atoms with van der Waals surface area (Å²) in [4.78, 5) is 36.0. The van der Waals surface area contributed by atoms with E-state index in [-0.39, 0.29) is 11.5 Å². The summed E-state index contributed by atoms with van der Waals surface area (Å²) in [5.41, 5.74) is 4.44. The summed E-state index contributed by atoms with van der Waals surface area (Å²) in [5, 5.41) is 0.835. The number of hydrogen-bond donors (Lipinski definition) is 1. The van der Waals surface area contributed by atoms with E-state index in [4.69, 9.17) is 4.74 Å². The molecular formula is C25H27N5O3. The topological polar surface area (TPSA) is 85.2 Å². The average Bonchev–Trinajstić information content (AvgIpc) is 3.51. The van der Waals surface area contributed by atoms with Crippen LogP contribution in [-0.2, 0) is 17.8 Å². The van der Waals surface area contributed by atoms with Gasteiger partial charge in [-0.2, -0.15) is 0 Å². The van der Waals surface area contributed by atoms with E-state index in [0.29, 0.717) is 55.9 Å². The maximum absolute atomic E-state index is 13.5. The second-order valence-electron chi connectivity index (χ2n) is 8.21. The summed E-state index contributed by atoms with van der Waals surface area (Å²) in [6.07, 6.45) is 7.94. The number of aryl methyl sites for hydroxylation is 2. The maximum Gasteiger partial charge on any atom is 0.274 e. The lowest BCUT2D eigenvalue weighted by molar-refractivity contribution is 0.0304. The van der Waals surface area contributed by atoms with Crippen LogP contribution in [-0.4, -0.2) is 56.2 Å². The molecule has 1 N–H and O–H groups in total. The number of carbonyl (C=O) groups is 1. The van der Waals surface area contributed by atoms with E-state index in [1.807, 2.05) is 27.8 Å². The van der Waals surface area contributed by atoms with Crippen molar-refractivity contribution in [3.63, 3.8) is 0 Å². The number of morpholine rings is 1. The van der Waals surface area contributed by atoms with Crippen LogP contribution in [0.1, 0.15) is 23.7 Å². The van der Waals surface area contributed by atoms with Crippen molar-refractivity contribution in [2.24, 2.45) is 0 Å². The molecule has 1 aromatic carbocycles. The van der Waals surface area contributed by atoms with Gasteiger partial charge in [0.1, 0.15) is 11.0 Å². The van der Waals surface area contributed by atoms with Crippen LogP contribution in [0.5, 0.6) is 0 Å². The molecule has 0 radical (unpaired) electrons. The van der Waals surface area contributed by atoms with Crippen LogP contribution in [0.3, 0.4) is 0 Å². The quantitative estimate of drug-likeness (QED) is 0.461. The number of hydrogen-bond acceptors (Lipinski definition) is 4. The lowest BCUT2D eigenvalue weighted by atomic mass is 9.99. The van der Waals surface area contributed by atoms with Crippen LogP contribution in [0.15, 0.2) is 54.4 Å². The van der Waals surface area contributed by atoms with Crippen molar-refractivity contribution in [1.82, 2.24) is 24.0 Å². The van der Waals surface area contributed by atoms with Gasteiger partial charge < -0.3 is 23.8 Å². The fourth-order valence-corrected chi connectivity index (χ4v) is 4.50. The fraction of sp³-hybridized carbons (Fsp3) is 0.320. The maximum atomic E-state index is 13.5. The molecule has 0 bridgehead atoms. The van der Waals surface area contributed by atoms with Gasteiger partial charge in [0.2, 0.25) is 0 Å². The predicted octanol–water partition coefficient (Wildman–Crippen LogP) is 3.41. The molecule has 0 atom stereocenters. The Bertz CT molecular complexity index is 1400. The van der Waals surface area contributed by atoms with Crippen LogP contribution in [0, 0.1) is 0 Å². The molecule has 0 spiro atoms. The van der Waals surface area contributed by atoms with Gasteiger partial charge in [-0.25, -0.2) is 4.98 Å². The Labute approximate surface area is 191 Å². The van der Waals surface area contributed by atoms with Crippen molar-refractivity contribution < 1.29 is 9.53 Å². The van der Waals surface area contributed by atoms with E-state index in [0.717, 1.165) is 28.6 Å². The molecule has 4 aromatic rings. The summed E-state index contributed by atoms with van der Waals surface area (Å²) in [5.74, 6) is -0.0446. The monoisotopic (exact) mass is 445 g/mol. The van der Waals surface area contributed by atoms with E-state index in [2.05, 4.69) is 29.5 Å². The molecule has 8 heteroatoms. The van der Waals surface area contributed by atoms with Gasteiger partial charge in [-0.1, -0.05) is 6.08 Å². The molecule has 170 valence electrons. The number of ether oxygens (including phenoxy) is 1. The minimum atomic E-state index is -0.0649. The molecule has 1 amide bonds. The number of aromatic amines is 1. The van der Waals surface area contributed by atoms with Crippen molar-refractivity contribution in [3.8, 4) is 11.1 Å². The second-order valence-corrected chi connectivity index (χ2v) is 8.21. The first-order valence-electron chi connectivity index (χ1n) is 11.3. The molecule has 1 saturated heterocycles. The Hall–Kier alpha value is -3.65. The third-order valence-electron chi connectivity index (χ3n) is 6.28. The standard InChI is InChI=1S/C25H27N5O3/c1-3-5-8-30-15-20(18-6-7-26-23(18)25(30)32)17-13-19(24(31)29-9-11-33-12-10-29)22-21(14-17)28(4-2)16-27-22/h3,6-7,13-16,26H,1,4-5,8-12H2,2H3. The van der Waals surface area contributed by atoms with Gasteiger partial charge in [0.15, 0.2) is 0 Å². The minimum absolute atomic E-state index is 0.0446. The van der Waals surface area contributed by atoms with Gasteiger partial charge in [-0.05, 0) is 37.1 Å². The molecule has 1 fully saturated rings. The third kappa shape index (κ3) is 3.66. The molecule has 3 aromatic heterocycles. The number of fused-ring (bicyclic) bond motifs is 2. The Kier molecular flexibility index (Phi) is 5.60. The van der Waals surface area contributed by atoms with E-state index in [9.17, 15) is 9.59 Å². The highest BCUT2D eigenvalue weighted by Crippen LogP contribution is 2.32. The van der Waals surface area contributed by atoms with E-state index < -0.39 is 0 Å². The van der Waals surface area contributed by atoms with Gasteiger partial charge in [0.05, 0.1) is 30.6 Å². The van der Waals surface area contributed by atoms with Crippen LogP contribution >= 0.6 is 0 Å². The molecular weight excluding hydrogens is 418 g/mol. The van der Waals surface area contributed by atoms with Crippen LogP contribution < -0.4 is 5.56 Å². The van der Waals surface area contributed by atoms with Crippen molar-refractivity contribution in [2.45, 2.75) is 26.4 Å². The molecule has 0 unspecified atom stereocenters. The first kappa shape index (κ1) is 21.2. The van der Waals surface area contributed by atoms with Gasteiger partial charge in [0.25, 0.3) is 11.5 Å². The average molecular weight is 446 g/mol. The smallest absolute Gasteiger partial charge is 0.274 e. The first-order chi connectivity index (χ1) is 16.1. The van der Waals surface area contributed by atoms with E-state index >= 15 is 0 Å². The third-order valence-corrected chi connectivity index (χ3v) is 6.28. The molecule has 0 saturated carbocycles. The number of pyridine rings is 1. The second kappa shape index (κ2) is 8.71. The van der Waals surface area contributed by atoms with Gasteiger partial charge in [0, 0.05) is 49.5 Å². The van der Waals surface area contributed by atoms with Crippen molar-refractivity contribution in [3.05, 3.63) is 65.5 Å². The number of amides is 1. The molecule has 5 rings (SSSR count). The predicted molar refractivity (Wildman–Crippen MR) is 128 cm³/mol. The van der Waals surface area contributed by atoms with Gasteiger partial charge in [-0.3, -0.25) is 9.59 Å². The number of allylic oxidation sites excluding steroid dienone is 1. The van der Waals surface area contributed by atoms with Crippen molar-refractivity contribution >= 4 is 27.8 Å². The number of aromatic nitrogens is 4. The lowest BCUT2D eigenvalue weighted by Crippen LogP contribution is -2.40. The molecule has 1 aliphatic rings. The first-order valence-corrected chi connectivity index (χ1v) is 11.3. The largest absolute Gasteiger partial charge is 0.378 e. The van der Waals surface area contributed by atoms with Crippen molar-refractivity contribution in [2.75, 3.05) is 26.3 Å². The number of imidazole rings is 1. The number of rotatable bonds is 6. The Morgan fingerprint density at radius 2 is 2.09 bits per heavy atom. The molecule has 1 aliphatic heterocycles. The van der Waals surface area contributed by atoms with Crippen LogP contribution in [0.25, 0.3) is 33.1 Å². The lowest BCUT2D eigenvalue weighted by Gasteiger charge is -2.27. The number of benzene rings is 1. The summed E-state index contributed by atoms with van der Waals surface area (Å²) < 4.78 is 9.17. The number of H-pyrrole nitrogens is 1. The van der Waals surface area contributed by atoms with Gasteiger partial charge >= 0.3 is 0 Å². The molecule has 4 heterocycles. The molecule has 0 aliphatic carbocycles. The fourth-order valence-electron chi connectivity index (χ4n) is 4.50. The number of carbonyl (C=O) groups excluding carboxylic acids is 1. The van der Waals surface area contributed by atoms with Gasteiger partial charge in [-0.15, -0.1) is 6.58 Å². The Balaban J connectivity index is 1.73. The van der Waals surface area contributed by atoms with E-state index in [1.165, 1.54) is 0 Å². The SMILES string of the molecule is C=CCCn1cc(-c2cc(C(=O)N3CCOCC3)c3ncn(CC)c3c2)c2cc[nH]c2c1=O.